The van der Waals surface area contributed by atoms with Gasteiger partial charge in [0.2, 0.25) is 0 Å². The van der Waals surface area contributed by atoms with Crippen molar-refractivity contribution >= 4 is 0 Å². The van der Waals surface area contributed by atoms with E-state index in [-0.39, 0.29) is 5.60 Å². The first kappa shape index (κ1) is 12.9. The maximum atomic E-state index is 6.05. The van der Waals surface area contributed by atoms with Gasteiger partial charge in [-0.15, -0.1) is 0 Å². The van der Waals surface area contributed by atoms with Crippen LogP contribution in [0, 0.1) is 0 Å². The Labute approximate surface area is 115 Å². The van der Waals surface area contributed by atoms with E-state index in [9.17, 15) is 0 Å². The smallest absolute Gasteiger partial charge is 0.125 e. The molecule has 1 unspecified atom stereocenters. The Morgan fingerprint density at radius 3 is 2.79 bits per heavy atom. The van der Waals surface area contributed by atoms with Gasteiger partial charge in [0.25, 0.3) is 0 Å². The third-order valence-corrected chi connectivity index (χ3v) is 4.27. The third-order valence-electron chi connectivity index (χ3n) is 4.27. The summed E-state index contributed by atoms with van der Waals surface area (Å²) in [6, 6.07) is 8.68. The number of likely N-dealkylation sites (tertiary alicyclic amines) is 1. The third kappa shape index (κ3) is 2.63. The van der Waals surface area contributed by atoms with E-state index in [1.165, 1.54) is 31.5 Å². The predicted octanol–water partition coefficient (Wildman–Crippen LogP) is 2.58. The zero-order chi connectivity index (χ0) is 13.3. The Morgan fingerprint density at radius 2 is 2.00 bits per heavy atom. The van der Waals surface area contributed by atoms with E-state index in [4.69, 9.17) is 4.74 Å². The average molecular weight is 260 g/mol. The molecule has 1 saturated heterocycles. The van der Waals surface area contributed by atoms with Crippen LogP contribution in [0.3, 0.4) is 0 Å². The lowest BCUT2D eigenvalue weighted by Gasteiger charge is -2.28. The number of hydrogen-bond acceptors (Lipinski definition) is 3. The molecule has 0 bridgehead atoms. The lowest BCUT2D eigenvalue weighted by molar-refractivity contribution is 0.0953. The standard InChI is InChI=1S/C16H24N2O/c1-16(2)15(13-7-3-4-8-14(13)19-16)17-9-12-18-10-5-6-11-18/h3-4,7-8,15,17H,5-6,9-12H2,1-2H3. The molecule has 0 saturated carbocycles. The Hall–Kier alpha value is -1.06. The molecular weight excluding hydrogens is 236 g/mol. The van der Waals surface area contributed by atoms with Crippen LogP contribution < -0.4 is 10.1 Å². The minimum absolute atomic E-state index is 0.158. The zero-order valence-electron chi connectivity index (χ0n) is 12.0. The molecule has 3 nitrogen and oxygen atoms in total. The van der Waals surface area contributed by atoms with E-state index in [0.717, 1.165) is 18.8 Å². The highest BCUT2D eigenvalue weighted by Crippen LogP contribution is 2.42. The lowest BCUT2D eigenvalue weighted by Crippen LogP contribution is -2.41. The molecule has 1 atom stereocenters. The van der Waals surface area contributed by atoms with Crippen LogP contribution in [0.1, 0.15) is 38.3 Å². The molecule has 0 aromatic heterocycles. The van der Waals surface area contributed by atoms with Gasteiger partial charge in [-0.3, -0.25) is 0 Å². The topological polar surface area (TPSA) is 24.5 Å². The highest BCUT2D eigenvalue weighted by molar-refractivity contribution is 5.42. The van der Waals surface area contributed by atoms with Crippen LogP contribution in [0.5, 0.6) is 5.75 Å². The molecule has 0 radical (unpaired) electrons. The summed E-state index contributed by atoms with van der Waals surface area (Å²) in [6.07, 6.45) is 2.72. The Morgan fingerprint density at radius 1 is 1.26 bits per heavy atom. The number of benzene rings is 1. The van der Waals surface area contributed by atoms with Crippen molar-refractivity contribution in [2.45, 2.75) is 38.3 Å². The van der Waals surface area contributed by atoms with E-state index in [1.54, 1.807) is 0 Å². The second-order valence-electron chi connectivity index (χ2n) is 6.18. The van der Waals surface area contributed by atoms with Crippen LogP contribution >= 0.6 is 0 Å². The Bertz CT molecular complexity index is 438. The largest absolute Gasteiger partial charge is 0.486 e. The van der Waals surface area contributed by atoms with Crippen LogP contribution in [-0.2, 0) is 0 Å². The summed E-state index contributed by atoms with van der Waals surface area (Å²) >= 11 is 0. The fourth-order valence-corrected chi connectivity index (χ4v) is 3.26. The summed E-state index contributed by atoms with van der Waals surface area (Å²) in [6.45, 7) is 9.05. The molecule has 3 heteroatoms. The van der Waals surface area contributed by atoms with Crippen molar-refractivity contribution in [2.24, 2.45) is 0 Å². The van der Waals surface area contributed by atoms with E-state index < -0.39 is 0 Å². The van der Waals surface area contributed by atoms with Crippen molar-refractivity contribution in [1.29, 1.82) is 0 Å². The monoisotopic (exact) mass is 260 g/mol. The van der Waals surface area contributed by atoms with Gasteiger partial charge in [-0.25, -0.2) is 0 Å². The first-order chi connectivity index (χ1) is 9.17. The van der Waals surface area contributed by atoms with Gasteiger partial charge in [-0.1, -0.05) is 18.2 Å². The molecule has 2 aliphatic rings. The second-order valence-corrected chi connectivity index (χ2v) is 6.18. The van der Waals surface area contributed by atoms with Crippen LogP contribution in [-0.4, -0.2) is 36.7 Å². The molecular formula is C16H24N2O. The minimum atomic E-state index is -0.158. The number of ether oxygens (including phenoxy) is 1. The molecule has 0 aliphatic carbocycles. The molecule has 0 amide bonds. The molecule has 1 N–H and O–H groups in total. The molecule has 104 valence electrons. The highest BCUT2D eigenvalue weighted by atomic mass is 16.5. The number of hydrogen-bond donors (Lipinski definition) is 1. The summed E-state index contributed by atoms with van der Waals surface area (Å²) in [5.41, 5.74) is 1.14. The zero-order valence-corrected chi connectivity index (χ0v) is 12.0. The van der Waals surface area contributed by atoms with Crippen molar-refractivity contribution in [2.75, 3.05) is 26.2 Å². The maximum Gasteiger partial charge on any atom is 0.125 e. The van der Waals surface area contributed by atoms with E-state index in [2.05, 4.69) is 42.3 Å². The normalized spacial score (nSPS) is 25.3. The van der Waals surface area contributed by atoms with Gasteiger partial charge in [0.1, 0.15) is 11.4 Å². The molecule has 19 heavy (non-hydrogen) atoms. The van der Waals surface area contributed by atoms with Crippen molar-refractivity contribution in [1.82, 2.24) is 10.2 Å². The van der Waals surface area contributed by atoms with Crippen molar-refractivity contribution in [3.8, 4) is 5.75 Å². The van der Waals surface area contributed by atoms with Gasteiger partial charge in [-0.05, 0) is 45.8 Å². The Balaban J connectivity index is 1.62. The second kappa shape index (κ2) is 5.14. The number of nitrogens with zero attached hydrogens (tertiary/aromatic N) is 1. The van der Waals surface area contributed by atoms with Gasteiger partial charge in [0, 0.05) is 18.7 Å². The number of nitrogens with one attached hydrogen (secondary N) is 1. The van der Waals surface area contributed by atoms with Gasteiger partial charge in [0.15, 0.2) is 0 Å². The number of fused-ring (bicyclic) bond motifs is 1. The highest BCUT2D eigenvalue weighted by Gasteiger charge is 2.40. The molecule has 1 aromatic carbocycles. The SMILES string of the molecule is CC1(C)Oc2ccccc2C1NCCN1CCCC1. The summed E-state index contributed by atoms with van der Waals surface area (Å²) in [7, 11) is 0. The predicted molar refractivity (Wildman–Crippen MR) is 77.6 cm³/mol. The summed E-state index contributed by atoms with van der Waals surface area (Å²) in [5, 5.41) is 3.69. The van der Waals surface area contributed by atoms with Gasteiger partial charge in [-0.2, -0.15) is 0 Å². The van der Waals surface area contributed by atoms with E-state index in [0.29, 0.717) is 6.04 Å². The minimum Gasteiger partial charge on any atom is -0.486 e. The molecule has 0 spiro atoms. The lowest BCUT2D eigenvalue weighted by atomic mass is 9.94. The van der Waals surface area contributed by atoms with Gasteiger partial charge >= 0.3 is 0 Å². The number of para-hydroxylation sites is 1. The maximum absolute atomic E-state index is 6.05. The van der Waals surface area contributed by atoms with Crippen LogP contribution in [0.2, 0.25) is 0 Å². The van der Waals surface area contributed by atoms with E-state index in [1.807, 2.05) is 6.07 Å². The van der Waals surface area contributed by atoms with Crippen LogP contribution in [0.15, 0.2) is 24.3 Å². The summed E-state index contributed by atoms with van der Waals surface area (Å²) < 4.78 is 6.05. The van der Waals surface area contributed by atoms with Crippen molar-refractivity contribution < 1.29 is 4.74 Å². The fraction of sp³-hybridized carbons (Fsp3) is 0.625. The molecule has 2 heterocycles. The molecule has 2 aliphatic heterocycles. The fourth-order valence-electron chi connectivity index (χ4n) is 3.26. The van der Waals surface area contributed by atoms with Gasteiger partial charge < -0.3 is 15.0 Å². The van der Waals surface area contributed by atoms with Crippen LogP contribution in [0.4, 0.5) is 0 Å². The summed E-state index contributed by atoms with van der Waals surface area (Å²) in [4.78, 5) is 2.54. The molecule has 1 aromatic rings. The van der Waals surface area contributed by atoms with Crippen molar-refractivity contribution in [3.05, 3.63) is 29.8 Å². The summed E-state index contributed by atoms with van der Waals surface area (Å²) in [5.74, 6) is 1.03. The van der Waals surface area contributed by atoms with Crippen molar-refractivity contribution in [3.63, 3.8) is 0 Å². The van der Waals surface area contributed by atoms with E-state index >= 15 is 0 Å². The molecule has 3 rings (SSSR count). The number of rotatable bonds is 4. The van der Waals surface area contributed by atoms with Gasteiger partial charge in [0.05, 0.1) is 6.04 Å². The Kier molecular flexibility index (Phi) is 3.50. The molecule has 1 fully saturated rings. The quantitative estimate of drug-likeness (QED) is 0.900. The van der Waals surface area contributed by atoms with Crippen LogP contribution in [0.25, 0.3) is 0 Å². The average Bonchev–Trinajstić information content (AvgIpc) is 2.96. The first-order valence-electron chi connectivity index (χ1n) is 7.40. The first-order valence-corrected chi connectivity index (χ1v) is 7.40.